The highest BCUT2D eigenvalue weighted by Crippen LogP contribution is 2.26. The van der Waals surface area contributed by atoms with Gasteiger partial charge in [-0.15, -0.1) is 0 Å². The van der Waals surface area contributed by atoms with Crippen molar-refractivity contribution in [2.24, 2.45) is 5.92 Å². The molecule has 0 aliphatic carbocycles. The molecule has 1 fully saturated rings. The number of aliphatic carboxylic acids is 1. The number of H-pyrrole nitrogens is 1. The summed E-state index contributed by atoms with van der Waals surface area (Å²) in [7, 11) is 0. The van der Waals surface area contributed by atoms with E-state index in [1.54, 1.807) is 0 Å². The van der Waals surface area contributed by atoms with Crippen LogP contribution in [-0.2, 0) is 9.59 Å². The number of nitrogens with one attached hydrogen (secondary N) is 1. The van der Waals surface area contributed by atoms with Crippen LogP contribution in [0.25, 0.3) is 11.0 Å². The summed E-state index contributed by atoms with van der Waals surface area (Å²) in [6.45, 7) is 0.0458. The molecule has 1 aliphatic heterocycles. The standard InChI is InChI=1S/C10H8ClN5O3/c11-7-5-2-12-15-8(5)14-10(13-7)16-3-4(9(18)19)1-6(16)17/h2,4H,1,3H2,(H,18,19)(H,12,13,14,15). The summed E-state index contributed by atoms with van der Waals surface area (Å²) < 4.78 is 0. The minimum Gasteiger partial charge on any atom is -0.481 e. The number of carbonyl (C=O) groups excluding carboxylic acids is 1. The lowest BCUT2D eigenvalue weighted by atomic mass is 10.1. The molecule has 0 spiro atoms. The van der Waals surface area contributed by atoms with E-state index < -0.39 is 11.9 Å². The number of hydrogen-bond donors (Lipinski definition) is 2. The highest BCUT2D eigenvalue weighted by molar-refractivity contribution is 6.34. The molecule has 9 heteroatoms. The lowest BCUT2D eigenvalue weighted by Gasteiger charge is -2.13. The van der Waals surface area contributed by atoms with Gasteiger partial charge in [-0.3, -0.25) is 19.6 Å². The van der Waals surface area contributed by atoms with Crippen LogP contribution in [0, 0.1) is 5.92 Å². The Hall–Kier alpha value is -2.22. The number of hydrogen-bond acceptors (Lipinski definition) is 5. The summed E-state index contributed by atoms with van der Waals surface area (Å²) in [5, 5.41) is 16.1. The molecule has 98 valence electrons. The van der Waals surface area contributed by atoms with E-state index in [0.29, 0.717) is 11.0 Å². The second kappa shape index (κ2) is 4.16. The van der Waals surface area contributed by atoms with Crippen molar-refractivity contribution >= 4 is 40.5 Å². The number of aromatic nitrogens is 4. The number of carbonyl (C=O) groups is 2. The van der Waals surface area contributed by atoms with E-state index in [9.17, 15) is 9.59 Å². The number of amides is 1. The van der Waals surface area contributed by atoms with Crippen LogP contribution in [0.1, 0.15) is 6.42 Å². The largest absolute Gasteiger partial charge is 0.481 e. The zero-order valence-corrected chi connectivity index (χ0v) is 10.3. The second-order valence-corrected chi connectivity index (χ2v) is 4.55. The van der Waals surface area contributed by atoms with Gasteiger partial charge in [-0.2, -0.15) is 15.1 Å². The van der Waals surface area contributed by atoms with Gasteiger partial charge < -0.3 is 5.11 Å². The Morgan fingerprint density at radius 1 is 1.53 bits per heavy atom. The smallest absolute Gasteiger partial charge is 0.308 e. The molecule has 1 atom stereocenters. The molecule has 0 saturated carbocycles. The molecule has 1 saturated heterocycles. The van der Waals surface area contributed by atoms with Gasteiger partial charge in [-0.1, -0.05) is 11.6 Å². The fourth-order valence-electron chi connectivity index (χ4n) is 1.98. The minimum absolute atomic E-state index is 0.0458. The lowest BCUT2D eigenvalue weighted by Crippen LogP contribution is -2.27. The summed E-state index contributed by atoms with van der Waals surface area (Å²) in [4.78, 5) is 32.0. The second-order valence-electron chi connectivity index (χ2n) is 4.19. The van der Waals surface area contributed by atoms with E-state index in [2.05, 4.69) is 20.2 Å². The van der Waals surface area contributed by atoms with Crippen LogP contribution in [0.15, 0.2) is 6.20 Å². The van der Waals surface area contributed by atoms with E-state index in [0.717, 1.165) is 0 Å². The average Bonchev–Trinajstić information content (AvgIpc) is 2.95. The first-order valence-corrected chi connectivity index (χ1v) is 5.84. The van der Waals surface area contributed by atoms with E-state index in [1.165, 1.54) is 11.1 Å². The molecule has 1 amide bonds. The molecule has 2 aromatic rings. The first-order chi connectivity index (χ1) is 9.06. The Labute approximate surface area is 111 Å². The predicted molar refractivity (Wildman–Crippen MR) is 64.8 cm³/mol. The number of nitrogens with zero attached hydrogens (tertiary/aromatic N) is 4. The molecule has 1 unspecified atom stereocenters. The summed E-state index contributed by atoms with van der Waals surface area (Å²) >= 11 is 5.96. The summed E-state index contributed by atoms with van der Waals surface area (Å²) in [5.74, 6) is -1.99. The molecule has 1 aliphatic rings. The molecule has 0 radical (unpaired) electrons. The molecule has 3 rings (SSSR count). The maximum Gasteiger partial charge on any atom is 0.308 e. The molecule has 2 aromatic heterocycles. The fraction of sp³-hybridized carbons (Fsp3) is 0.300. The molecule has 3 heterocycles. The number of rotatable bonds is 2. The average molecular weight is 282 g/mol. The maximum atomic E-state index is 11.8. The third-order valence-electron chi connectivity index (χ3n) is 2.97. The Morgan fingerprint density at radius 3 is 3.00 bits per heavy atom. The summed E-state index contributed by atoms with van der Waals surface area (Å²) in [5.41, 5.74) is 0.404. The van der Waals surface area contributed by atoms with E-state index in [4.69, 9.17) is 16.7 Å². The SMILES string of the molecule is O=C(O)C1CC(=O)N(c2nc(Cl)c3cn[nH]c3n2)C1. The van der Waals surface area contributed by atoms with Gasteiger partial charge in [0.15, 0.2) is 5.65 Å². The van der Waals surface area contributed by atoms with Crippen LogP contribution in [0.4, 0.5) is 5.95 Å². The molecule has 0 bridgehead atoms. The van der Waals surface area contributed by atoms with Crippen molar-refractivity contribution in [3.8, 4) is 0 Å². The van der Waals surface area contributed by atoms with Gasteiger partial charge in [0, 0.05) is 13.0 Å². The van der Waals surface area contributed by atoms with Crippen LogP contribution < -0.4 is 4.90 Å². The summed E-state index contributed by atoms with van der Waals surface area (Å²) in [6, 6.07) is 0. The van der Waals surface area contributed by atoms with Crippen LogP contribution in [0.5, 0.6) is 0 Å². The lowest BCUT2D eigenvalue weighted by molar-refractivity contribution is -0.141. The maximum absolute atomic E-state index is 11.8. The van der Waals surface area contributed by atoms with Gasteiger partial charge in [0.25, 0.3) is 0 Å². The molecule has 2 N–H and O–H groups in total. The topological polar surface area (TPSA) is 112 Å². The Morgan fingerprint density at radius 2 is 2.32 bits per heavy atom. The van der Waals surface area contributed by atoms with Crippen molar-refractivity contribution in [2.75, 3.05) is 11.4 Å². The van der Waals surface area contributed by atoms with Crippen molar-refractivity contribution in [3.63, 3.8) is 0 Å². The van der Waals surface area contributed by atoms with Crippen LogP contribution in [-0.4, -0.2) is 43.7 Å². The zero-order chi connectivity index (χ0) is 13.6. The van der Waals surface area contributed by atoms with Gasteiger partial charge in [-0.05, 0) is 0 Å². The number of halogens is 1. The van der Waals surface area contributed by atoms with Crippen LogP contribution >= 0.6 is 11.6 Å². The van der Waals surface area contributed by atoms with Gasteiger partial charge in [0.1, 0.15) is 5.15 Å². The molecular formula is C10H8ClN5O3. The molecule has 8 nitrogen and oxygen atoms in total. The highest BCUT2D eigenvalue weighted by Gasteiger charge is 2.36. The van der Waals surface area contributed by atoms with Crippen molar-refractivity contribution in [1.29, 1.82) is 0 Å². The van der Waals surface area contributed by atoms with Crippen molar-refractivity contribution in [3.05, 3.63) is 11.3 Å². The molecule has 19 heavy (non-hydrogen) atoms. The van der Waals surface area contributed by atoms with Crippen molar-refractivity contribution in [2.45, 2.75) is 6.42 Å². The van der Waals surface area contributed by atoms with Gasteiger partial charge >= 0.3 is 5.97 Å². The van der Waals surface area contributed by atoms with Crippen LogP contribution in [0.2, 0.25) is 5.15 Å². The highest BCUT2D eigenvalue weighted by atomic mass is 35.5. The Bertz CT molecular complexity index is 685. The summed E-state index contributed by atoms with van der Waals surface area (Å²) in [6.07, 6.45) is 1.42. The number of aromatic amines is 1. The minimum atomic E-state index is -1.01. The first kappa shape index (κ1) is 11.8. The number of carboxylic acids is 1. The Balaban J connectivity index is 2.00. The molecular weight excluding hydrogens is 274 g/mol. The number of anilines is 1. The predicted octanol–water partition coefficient (Wildman–Crippen LogP) is 0.444. The normalized spacial score (nSPS) is 19.3. The fourth-order valence-corrected chi connectivity index (χ4v) is 2.19. The Kier molecular flexibility index (Phi) is 2.59. The van der Waals surface area contributed by atoms with Gasteiger partial charge in [-0.25, -0.2) is 0 Å². The monoisotopic (exact) mass is 281 g/mol. The van der Waals surface area contributed by atoms with Gasteiger partial charge in [0.05, 0.1) is 17.5 Å². The number of fused-ring (bicyclic) bond motifs is 1. The zero-order valence-electron chi connectivity index (χ0n) is 9.50. The van der Waals surface area contributed by atoms with E-state index >= 15 is 0 Å². The van der Waals surface area contributed by atoms with Crippen molar-refractivity contribution < 1.29 is 14.7 Å². The molecule has 0 aromatic carbocycles. The van der Waals surface area contributed by atoms with Crippen molar-refractivity contribution in [1.82, 2.24) is 20.2 Å². The van der Waals surface area contributed by atoms with Crippen LogP contribution in [0.3, 0.4) is 0 Å². The van der Waals surface area contributed by atoms with E-state index in [1.807, 2.05) is 0 Å². The third-order valence-corrected chi connectivity index (χ3v) is 3.26. The quantitative estimate of drug-likeness (QED) is 0.773. The third kappa shape index (κ3) is 1.89. The van der Waals surface area contributed by atoms with Gasteiger partial charge in [0.2, 0.25) is 11.9 Å². The first-order valence-electron chi connectivity index (χ1n) is 5.46. The number of carboxylic acid groups (broad SMARTS) is 1. The van der Waals surface area contributed by atoms with E-state index in [-0.39, 0.29) is 30.0 Å².